The Bertz CT molecular complexity index is 865. The number of ether oxygens (including phenoxy) is 1. The molecule has 1 aromatic carbocycles. The van der Waals surface area contributed by atoms with Gasteiger partial charge in [0, 0.05) is 30.6 Å². The quantitative estimate of drug-likeness (QED) is 0.536. The molecule has 1 saturated heterocycles. The number of benzene rings is 1. The van der Waals surface area contributed by atoms with Crippen molar-refractivity contribution in [3.63, 3.8) is 0 Å². The minimum atomic E-state index is -0.824. The van der Waals surface area contributed by atoms with Gasteiger partial charge in [-0.1, -0.05) is 47.6 Å². The standard InChI is InChI=1S/C26H38N2O3S/c1-25(2,3)19-14-20(26(4,5)6)16-22(15-19)31-11-8-18-7-10-28(24(29)30)21(13-18)17-23-27-9-12-32-23/h9,12,14-16,18,21H,7-8,10-11,13,17H2,1-6H3,(H,29,30). The Morgan fingerprint density at radius 3 is 2.34 bits per heavy atom. The van der Waals surface area contributed by atoms with Gasteiger partial charge in [0.25, 0.3) is 0 Å². The van der Waals surface area contributed by atoms with Crippen LogP contribution in [-0.4, -0.2) is 40.3 Å². The number of carboxylic acid groups (broad SMARTS) is 1. The van der Waals surface area contributed by atoms with Crippen LogP contribution in [0.25, 0.3) is 0 Å². The Hall–Kier alpha value is -2.08. The van der Waals surface area contributed by atoms with E-state index >= 15 is 0 Å². The summed E-state index contributed by atoms with van der Waals surface area (Å²) < 4.78 is 6.26. The third-order valence-corrected chi connectivity index (χ3v) is 7.20. The van der Waals surface area contributed by atoms with Gasteiger partial charge in [-0.2, -0.15) is 0 Å². The van der Waals surface area contributed by atoms with Crippen LogP contribution in [0.15, 0.2) is 29.8 Å². The summed E-state index contributed by atoms with van der Waals surface area (Å²) in [5, 5.41) is 12.6. The molecule has 6 heteroatoms. The van der Waals surface area contributed by atoms with Crippen molar-refractivity contribution in [1.29, 1.82) is 0 Å². The number of hydrogen-bond donors (Lipinski definition) is 1. The zero-order valence-electron chi connectivity index (χ0n) is 20.4. The van der Waals surface area contributed by atoms with E-state index in [1.165, 1.54) is 11.1 Å². The SMILES string of the molecule is CC(C)(C)c1cc(OCCC2CCN(C(=O)O)C(Cc3nccs3)C2)cc(C(C)(C)C)c1. The maximum absolute atomic E-state index is 11.7. The summed E-state index contributed by atoms with van der Waals surface area (Å²) in [5.74, 6) is 1.40. The number of hydrogen-bond acceptors (Lipinski definition) is 4. The number of carbonyl (C=O) groups is 1. The van der Waals surface area contributed by atoms with E-state index in [2.05, 4.69) is 64.7 Å². The van der Waals surface area contributed by atoms with E-state index in [4.69, 9.17) is 4.74 Å². The lowest BCUT2D eigenvalue weighted by molar-refractivity contribution is 0.0842. The van der Waals surface area contributed by atoms with Crippen LogP contribution in [0.4, 0.5) is 4.79 Å². The normalized spacial score (nSPS) is 19.8. The highest BCUT2D eigenvalue weighted by molar-refractivity contribution is 7.09. The van der Waals surface area contributed by atoms with Crippen LogP contribution in [-0.2, 0) is 17.3 Å². The van der Waals surface area contributed by atoms with Crippen molar-refractivity contribution in [3.05, 3.63) is 45.9 Å². The van der Waals surface area contributed by atoms with Gasteiger partial charge in [-0.15, -0.1) is 11.3 Å². The van der Waals surface area contributed by atoms with Crippen molar-refractivity contribution in [2.45, 2.75) is 84.1 Å². The molecule has 0 radical (unpaired) electrons. The highest BCUT2D eigenvalue weighted by Crippen LogP contribution is 2.34. The molecule has 1 amide bonds. The van der Waals surface area contributed by atoms with E-state index in [1.807, 2.05) is 5.38 Å². The molecule has 3 rings (SSSR count). The highest BCUT2D eigenvalue weighted by atomic mass is 32.1. The molecule has 2 heterocycles. The fourth-order valence-corrected chi connectivity index (χ4v) is 4.98. The van der Waals surface area contributed by atoms with Gasteiger partial charge in [-0.25, -0.2) is 9.78 Å². The van der Waals surface area contributed by atoms with Gasteiger partial charge in [0.1, 0.15) is 5.75 Å². The summed E-state index contributed by atoms with van der Waals surface area (Å²) in [6, 6.07) is 6.65. The first-order valence-corrected chi connectivity index (χ1v) is 12.5. The van der Waals surface area contributed by atoms with Gasteiger partial charge in [-0.3, -0.25) is 0 Å². The minimum absolute atomic E-state index is 0.00545. The number of nitrogens with zero attached hydrogens (tertiary/aromatic N) is 2. The summed E-state index contributed by atoms with van der Waals surface area (Å²) in [6.07, 6.45) is 4.35. The van der Waals surface area contributed by atoms with E-state index in [0.29, 0.717) is 25.5 Å². The van der Waals surface area contributed by atoms with Crippen molar-refractivity contribution in [3.8, 4) is 5.75 Å². The van der Waals surface area contributed by atoms with Crippen LogP contribution < -0.4 is 4.74 Å². The Morgan fingerprint density at radius 2 is 1.81 bits per heavy atom. The average Bonchev–Trinajstić information content (AvgIpc) is 3.19. The molecule has 0 saturated carbocycles. The largest absolute Gasteiger partial charge is 0.494 e. The van der Waals surface area contributed by atoms with Gasteiger partial charge in [0.2, 0.25) is 0 Å². The first-order chi connectivity index (χ1) is 14.9. The number of aromatic nitrogens is 1. The van der Waals surface area contributed by atoms with Crippen molar-refractivity contribution in [2.24, 2.45) is 5.92 Å². The van der Waals surface area contributed by atoms with E-state index in [9.17, 15) is 9.90 Å². The molecule has 0 spiro atoms. The van der Waals surface area contributed by atoms with Crippen LogP contribution in [0, 0.1) is 5.92 Å². The smallest absolute Gasteiger partial charge is 0.407 e. The lowest BCUT2D eigenvalue weighted by Gasteiger charge is -2.37. The predicted molar refractivity (Wildman–Crippen MR) is 131 cm³/mol. The minimum Gasteiger partial charge on any atom is -0.494 e. The van der Waals surface area contributed by atoms with Crippen molar-refractivity contribution < 1.29 is 14.6 Å². The van der Waals surface area contributed by atoms with Crippen LogP contribution in [0.5, 0.6) is 5.75 Å². The maximum atomic E-state index is 11.7. The molecule has 32 heavy (non-hydrogen) atoms. The molecule has 2 aromatic rings. The molecular formula is C26H38N2O3S. The van der Waals surface area contributed by atoms with Crippen LogP contribution >= 0.6 is 11.3 Å². The second kappa shape index (κ2) is 9.82. The number of amides is 1. The fourth-order valence-electron chi connectivity index (χ4n) is 4.29. The molecule has 0 bridgehead atoms. The van der Waals surface area contributed by atoms with E-state index in [-0.39, 0.29) is 16.9 Å². The highest BCUT2D eigenvalue weighted by Gasteiger charge is 2.32. The Kier molecular flexibility index (Phi) is 7.53. The molecule has 2 atom stereocenters. The number of likely N-dealkylation sites (tertiary alicyclic amines) is 1. The topological polar surface area (TPSA) is 62.7 Å². The fraction of sp³-hybridized carbons (Fsp3) is 0.615. The van der Waals surface area contributed by atoms with Gasteiger partial charge in [0.05, 0.1) is 11.6 Å². The van der Waals surface area contributed by atoms with Gasteiger partial charge < -0.3 is 14.7 Å². The molecule has 1 aliphatic rings. The van der Waals surface area contributed by atoms with E-state index in [1.54, 1.807) is 22.4 Å². The Morgan fingerprint density at radius 1 is 1.16 bits per heavy atom. The van der Waals surface area contributed by atoms with Crippen LogP contribution in [0.1, 0.15) is 76.9 Å². The first kappa shape index (κ1) is 24.6. The summed E-state index contributed by atoms with van der Waals surface area (Å²) in [4.78, 5) is 17.7. The Balaban J connectivity index is 1.64. The third kappa shape index (κ3) is 6.47. The zero-order chi connectivity index (χ0) is 23.5. The van der Waals surface area contributed by atoms with Gasteiger partial charge in [-0.05, 0) is 59.3 Å². The third-order valence-electron chi connectivity index (χ3n) is 6.40. The van der Waals surface area contributed by atoms with E-state index < -0.39 is 6.09 Å². The summed E-state index contributed by atoms with van der Waals surface area (Å²) in [5.41, 5.74) is 2.70. The number of rotatable bonds is 6. The predicted octanol–water partition coefficient (Wildman–Crippen LogP) is 6.51. The average molecular weight is 459 g/mol. The van der Waals surface area contributed by atoms with Crippen LogP contribution in [0.3, 0.4) is 0 Å². The first-order valence-electron chi connectivity index (χ1n) is 11.6. The lowest BCUT2D eigenvalue weighted by Crippen LogP contribution is -2.46. The Labute approximate surface area is 196 Å². The second-order valence-corrected chi connectivity index (χ2v) is 12.0. The molecule has 1 N–H and O–H groups in total. The molecule has 1 aliphatic heterocycles. The maximum Gasteiger partial charge on any atom is 0.407 e. The second-order valence-electron chi connectivity index (χ2n) is 11.0. The van der Waals surface area contributed by atoms with Gasteiger partial charge >= 0.3 is 6.09 Å². The molecule has 176 valence electrons. The number of piperidine rings is 1. The zero-order valence-corrected chi connectivity index (χ0v) is 21.2. The van der Waals surface area contributed by atoms with Gasteiger partial charge in [0.15, 0.2) is 0 Å². The monoisotopic (exact) mass is 458 g/mol. The van der Waals surface area contributed by atoms with Crippen LogP contribution in [0.2, 0.25) is 0 Å². The molecule has 2 unspecified atom stereocenters. The molecule has 5 nitrogen and oxygen atoms in total. The van der Waals surface area contributed by atoms with Crippen molar-refractivity contribution in [2.75, 3.05) is 13.2 Å². The molecule has 1 fully saturated rings. The molecule has 0 aliphatic carbocycles. The summed E-state index contributed by atoms with van der Waals surface area (Å²) >= 11 is 1.60. The van der Waals surface area contributed by atoms with Crippen molar-refractivity contribution in [1.82, 2.24) is 9.88 Å². The van der Waals surface area contributed by atoms with Crippen molar-refractivity contribution >= 4 is 17.4 Å². The molecule has 1 aromatic heterocycles. The molecular weight excluding hydrogens is 420 g/mol. The lowest BCUT2D eigenvalue weighted by atomic mass is 9.80. The van der Waals surface area contributed by atoms with E-state index in [0.717, 1.165) is 30.0 Å². The summed E-state index contributed by atoms with van der Waals surface area (Å²) in [6.45, 7) is 14.6. The summed E-state index contributed by atoms with van der Waals surface area (Å²) in [7, 11) is 0. The number of thiazole rings is 1.